The molecule has 0 saturated heterocycles. The van der Waals surface area contributed by atoms with Crippen LogP contribution in [0.5, 0.6) is 0 Å². The van der Waals surface area contributed by atoms with Crippen molar-refractivity contribution in [3.05, 3.63) is 17.5 Å². The number of hydrogen-bond acceptors (Lipinski definition) is 4. The van der Waals surface area contributed by atoms with Gasteiger partial charge in [-0.05, 0) is 21.0 Å². The van der Waals surface area contributed by atoms with Crippen molar-refractivity contribution in [3.8, 4) is 0 Å². The first-order chi connectivity index (χ1) is 6.02. The largest absolute Gasteiger partial charge is 0.480 e. The molecule has 0 aliphatic carbocycles. The van der Waals surface area contributed by atoms with Gasteiger partial charge in [-0.3, -0.25) is 9.69 Å². The maximum Gasteiger partial charge on any atom is 0.327 e. The Hall–Kier alpha value is -1.36. The summed E-state index contributed by atoms with van der Waals surface area (Å²) in [6, 6.07) is 0.885. The van der Waals surface area contributed by atoms with E-state index in [9.17, 15) is 4.79 Å². The van der Waals surface area contributed by atoms with Gasteiger partial charge in [-0.25, -0.2) is 0 Å². The lowest BCUT2D eigenvalue weighted by Crippen LogP contribution is -2.27. The minimum Gasteiger partial charge on any atom is -0.480 e. The lowest BCUT2D eigenvalue weighted by atomic mass is 10.2. The minimum atomic E-state index is -0.932. The first kappa shape index (κ1) is 9.73. The predicted molar refractivity (Wildman–Crippen MR) is 45.3 cm³/mol. The molecule has 0 aliphatic heterocycles. The van der Waals surface area contributed by atoms with Crippen molar-refractivity contribution in [1.29, 1.82) is 0 Å². The average molecular weight is 184 g/mol. The molecule has 1 N–H and O–H groups in total. The third-order valence-corrected chi connectivity index (χ3v) is 1.68. The third kappa shape index (κ3) is 2.06. The predicted octanol–water partition coefficient (Wildman–Crippen LogP) is 0.670. The molecule has 1 aromatic rings. The zero-order valence-electron chi connectivity index (χ0n) is 7.81. The number of nitrogens with zero attached hydrogens (tertiary/aromatic N) is 2. The highest BCUT2D eigenvalue weighted by atomic mass is 16.5. The molecule has 72 valence electrons. The SMILES string of the molecule is Cc1cc(C(C(=O)O)N(C)C)no1. The summed E-state index contributed by atoms with van der Waals surface area (Å²) in [5.41, 5.74) is 0.426. The molecule has 0 aromatic carbocycles. The summed E-state index contributed by atoms with van der Waals surface area (Å²) in [5, 5.41) is 12.5. The van der Waals surface area contributed by atoms with E-state index in [0.29, 0.717) is 11.5 Å². The second kappa shape index (κ2) is 3.57. The normalized spacial score (nSPS) is 13.2. The number of rotatable bonds is 3. The van der Waals surface area contributed by atoms with Crippen LogP contribution in [-0.4, -0.2) is 35.2 Å². The van der Waals surface area contributed by atoms with Crippen molar-refractivity contribution in [3.63, 3.8) is 0 Å². The summed E-state index contributed by atoms with van der Waals surface area (Å²) in [7, 11) is 3.37. The number of aromatic nitrogens is 1. The van der Waals surface area contributed by atoms with Gasteiger partial charge in [0.25, 0.3) is 0 Å². The number of carboxylic acid groups (broad SMARTS) is 1. The Kier molecular flexibility index (Phi) is 2.67. The van der Waals surface area contributed by atoms with Gasteiger partial charge in [0.15, 0.2) is 6.04 Å². The fourth-order valence-electron chi connectivity index (χ4n) is 1.13. The summed E-state index contributed by atoms with van der Waals surface area (Å²) in [6.07, 6.45) is 0. The van der Waals surface area contributed by atoms with Gasteiger partial charge in [-0.2, -0.15) is 0 Å². The summed E-state index contributed by atoms with van der Waals surface area (Å²) in [5.74, 6) is -0.318. The highest BCUT2D eigenvalue weighted by molar-refractivity contribution is 5.74. The van der Waals surface area contributed by atoms with Crippen LogP contribution in [0.2, 0.25) is 0 Å². The highest BCUT2D eigenvalue weighted by Gasteiger charge is 2.25. The van der Waals surface area contributed by atoms with Crippen molar-refractivity contribution in [2.45, 2.75) is 13.0 Å². The monoisotopic (exact) mass is 184 g/mol. The number of aryl methyl sites for hydroxylation is 1. The van der Waals surface area contributed by atoms with Crippen LogP contribution in [0.4, 0.5) is 0 Å². The molecular weight excluding hydrogens is 172 g/mol. The molecule has 13 heavy (non-hydrogen) atoms. The Bertz CT molecular complexity index is 306. The van der Waals surface area contributed by atoms with Gasteiger partial charge in [0, 0.05) is 6.07 Å². The molecule has 1 atom stereocenters. The Labute approximate surface area is 75.9 Å². The number of carboxylic acids is 1. The van der Waals surface area contributed by atoms with Gasteiger partial charge in [0.1, 0.15) is 11.5 Å². The second-order valence-electron chi connectivity index (χ2n) is 3.07. The van der Waals surface area contributed by atoms with E-state index in [0.717, 1.165) is 0 Å². The molecular formula is C8H12N2O3. The molecule has 0 saturated carbocycles. The van der Waals surface area contributed by atoms with Crippen molar-refractivity contribution in [2.24, 2.45) is 0 Å². The molecule has 1 rings (SSSR count). The van der Waals surface area contributed by atoms with Gasteiger partial charge in [0.05, 0.1) is 0 Å². The topological polar surface area (TPSA) is 66.6 Å². The molecule has 0 spiro atoms. The van der Waals surface area contributed by atoms with Crippen LogP contribution < -0.4 is 0 Å². The van der Waals surface area contributed by atoms with Crippen LogP contribution in [0.1, 0.15) is 17.5 Å². The molecule has 5 heteroatoms. The summed E-state index contributed by atoms with van der Waals surface area (Å²) in [6.45, 7) is 1.73. The Morgan fingerprint density at radius 2 is 2.31 bits per heavy atom. The van der Waals surface area contributed by atoms with E-state index in [-0.39, 0.29) is 0 Å². The maximum atomic E-state index is 10.8. The van der Waals surface area contributed by atoms with Gasteiger partial charge < -0.3 is 9.63 Å². The zero-order chi connectivity index (χ0) is 10.0. The molecule has 1 aromatic heterocycles. The van der Waals surface area contributed by atoms with Crippen LogP contribution in [-0.2, 0) is 4.79 Å². The van der Waals surface area contributed by atoms with Crippen molar-refractivity contribution in [1.82, 2.24) is 10.1 Å². The maximum absolute atomic E-state index is 10.8. The number of hydrogen-bond donors (Lipinski definition) is 1. The molecule has 5 nitrogen and oxygen atoms in total. The lowest BCUT2D eigenvalue weighted by molar-refractivity contribution is -0.142. The first-order valence-corrected chi connectivity index (χ1v) is 3.85. The zero-order valence-corrected chi connectivity index (χ0v) is 7.81. The fourth-order valence-corrected chi connectivity index (χ4v) is 1.13. The van der Waals surface area contributed by atoms with Crippen molar-refractivity contribution in [2.75, 3.05) is 14.1 Å². The van der Waals surface area contributed by atoms with Gasteiger partial charge in [-0.1, -0.05) is 5.16 Å². The average Bonchev–Trinajstić information content (AvgIpc) is 2.34. The van der Waals surface area contributed by atoms with Crippen molar-refractivity contribution < 1.29 is 14.4 Å². The van der Waals surface area contributed by atoms with Gasteiger partial charge in [-0.15, -0.1) is 0 Å². The van der Waals surface area contributed by atoms with E-state index in [1.165, 1.54) is 0 Å². The van der Waals surface area contributed by atoms with Crippen LogP contribution in [0.3, 0.4) is 0 Å². The lowest BCUT2D eigenvalue weighted by Gasteiger charge is -2.16. The quantitative estimate of drug-likeness (QED) is 0.747. The summed E-state index contributed by atoms with van der Waals surface area (Å²) in [4.78, 5) is 12.4. The Balaban J connectivity index is 2.95. The molecule has 0 aliphatic rings. The highest BCUT2D eigenvalue weighted by Crippen LogP contribution is 2.17. The molecule has 0 bridgehead atoms. The van der Waals surface area contributed by atoms with E-state index < -0.39 is 12.0 Å². The van der Waals surface area contributed by atoms with Crippen molar-refractivity contribution >= 4 is 5.97 Å². The minimum absolute atomic E-state index is 0.426. The number of aliphatic carboxylic acids is 1. The second-order valence-corrected chi connectivity index (χ2v) is 3.07. The Morgan fingerprint density at radius 1 is 1.69 bits per heavy atom. The molecule has 0 radical (unpaired) electrons. The van der Waals surface area contributed by atoms with E-state index in [1.54, 1.807) is 32.0 Å². The Morgan fingerprint density at radius 3 is 2.62 bits per heavy atom. The van der Waals surface area contributed by atoms with E-state index in [2.05, 4.69) is 5.16 Å². The third-order valence-electron chi connectivity index (χ3n) is 1.68. The van der Waals surface area contributed by atoms with Gasteiger partial charge >= 0.3 is 5.97 Å². The number of likely N-dealkylation sites (N-methyl/N-ethyl adjacent to an activating group) is 1. The summed E-state index contributed by atoms with van der Waals surface area (Å²) < 4.78 is 4.81. The summed E-state index contributed by atoms with van der Waals surface area (Å²) >= 11 is 0. The van der Waals surface area contributed by atoms with Crippen LogP contribution >= 0.6 is 0 Å². The smallest absolute Gasteiger partial charge is 0.327 e. The van der Waals surface area contributed by atoms with E-state index in [4.69, 9.17) is 9.63 Å². The van der Waals surface area contributed by atoms with Crippen LogP contribution in [0.15, 0.2) is 10.6 Å². The molecule has 1 unspecified atom stereocenters. The number of carbonyl (C=O) groups is 1. The molecule has 0 amide bonds. The standard InChI is InChI=1S/C8H12N2O3/c1-5-4-6(9-13-5)7(8(11)12)10(2)3/h4,7H,1-3H3,(H,11,12). The van der Waals surface area contributed by atoms with E-state index in [1.807, 2.05) is 0 Å². The fraction of sp³-hybridized carbons (Fsp3) is 0.500. The molecule has 0 fully saturated rings. The first-order valence-electron chi connectivity index (χ1n) is 3.85. The van der Waals surface area contributed by atoms with Crippen LogP contribution in [0, 0.1) is 6.92 Å². The molecule has 1 heterocycles. The van der Waals surface area contributed by atoms with Crippen LogP contribution in [0.25, 0.3) is 0 Å². The van der Waals surface area contributed by atoms with E-state index >= 15 is 0 Å². The van der Waals surface area contributed by atoms with Gasteiger partial charge in [0.2, 0.25) is 0 Å².